The minimum absolute atomic E-state index is 0.0478. The molecule has 0 saturated carbocycles. The number of hydrogen-bond donors (Lipinski definition) is 1. The van der Waals surface area contributed by atoms with Gasteiger partial charge in [0.25, 0.3) is 0 Å². The van der Waals surface area contributed by atoms with E-state index in [4.69, 9.17) is 5.11 Å². The Balaban J connectivity index is 2.70. The predicted octanol–water partition coefficient (Wildman–Crippen LogP) is 0.981. The van der Waals surface area contributed by atoms with Crippen LogP contribution in [0.4, 0.5) is 0 Å². The highest BCUT2D eigenvalue weighted by Gasteiger charge is 2.18. The highest BCUT2D eigenvalue weighted by Crippen LogP contribution is 2.19. The lowest BCUT2D eigenvalue weighted by molar-refractivity contribution is 0.157. The molecule has 0 amide bonds. The minimum Gasteiger partial charge on any atom is -0.396 e. The summed E-state index contributed by atoms with van der Waals surface area (Å²) >= 11 is 0. The first-order valence-corrected chi connectivity index (χ1v) is 4.13. The van der Waals surface area contributed by atoms with Gasteiger partial charge in [-0.25, -0.2) is 0 Å². The fourth-order valence-corrected chi connectivity index (χ4v) is 1.12. The predicted molar refractivity (Wildman–Crippen MR) is 47.8 cm³/mol. The van der Waals surface area contributed by atoms with Crippen LogP contribution in [0.3, 0.4) is 0 Å². The van der Waals surface area contributed by atoms with Gasteiger partial charge >= 0.3 is 0 Å². The van der Waals surface area contributed by atoms with Gasteiger partial charge < -0.3 is 5.11 Å². The van der Waals surface area contributed by atoms with Crippen LogP contribution in [0.15, 0.2) is 12.3 Å². The molecule has 0 aliphatic rings. The zero-order valence-electron chi connectivity index (χ0n) is 7.91. The molecule has 0 radical (unpaired) electrons. The van der Waals surface area contributed by atoms with Gasteiger partial charge in [0.2, 0.25) is 0 Å². The maximum absolute atomic E-state index is 9.05. The molecule has 68 valence electrons. The Morgan fingerprint density at radius 2 is 2.25 bits per heavy atom. The van der Waals surface area contributed by atoms with Gasteiger partial charge in [0.05, 0.1) is 0 Å². The second kappa shape index (κ2) is 3.27. The van der Waals surface area contributed by atoms with Crippen LogP contribution >= 0.6 is 0 Å². The average molecular weight is 168 g/mol. The number of nitrogens with zero attached hydrogens (tertiary/aromatic N) is 2. The zero-order valence-corrected chi connectivity index (χ0v) is 7.91. The van der Waals surface area contributed by atoms with E-state index in [2.05, 4.69) is 5.10 Å². The minimum atomic E-state index is -0.0478. The van der Waals surface area contributed by atoms with E-state index in [0.717, 1.165) is 12.1 Å². The van der Waals surface area contributed by atoms with Crippen molar-refractivity contribution < 1.29 is 5.11 Å². The highest BCUT2D eigenvalue weighted by atomic mass is 16.3. The Labute approximate surface area is 73.0 Å². The van der Waals surface area contributed by atoms with E-state index in [-0.39, 0.29) is 12.0 Å². The first-order valence-electron chi connectivity index (χ1n) is 4.13. The second-order valence-corrected chi connectivity index (χ2v) is 3.95. The van der Waals surface area contributed by atoms with Crippen LogP contribution in [0.25, 0.3) is 0 Å². The van der Waals surface area contributed by atoms with Crippen molar-refractivity contribution in [3.63, 3.8) is 0 Å². The summed E-state index contributed by atoms with van der Waals surface area (Å²) in [5.74, 6) is 0. The van der Waals surface area contributed by atoms with Crippen LogP contribution in [0.2, 0.25) is 0 Å². The third kappa shape index (κ3) is 2.08. The molecule has 0 saturated heterocycles. The third-order valence-corrected chi connectivity index (χ3v) is 2.01. The maximum atomic E-state index is 9.05. The number of aryl methyl sites for hydroxylation is 1. The fourth-order valence-electron chi connectivity index (χ4n) is 1.12. The quantitative estimate of drug-likeness (QED) is 0.730. The molecule has 1 aromatic rings. The summed E-state index contributed by atoms with van der Waals surface area (Å²) in [5, 5.41) is 13.1. The van der Waals surface area contributed by atoms with Gasteiger partial charge in [-0.1, -0.05) is 13.8 Å². The smallest absolute Gasteiger partial charge is 0.0492 e. The van der Waals surface area contributed by atoms with Crippen LogP contribution in [0.5, 0.6) is 0 Å². The molecule has 3 nitrogen and oxygen atoms in total. The second-order valence-electron chi connectivity index (χ2n) is 3.95. The van der Waals surface area contributed by atoms with Crippen molar-refractivity contribution >= 4 is 0 Å². The van der Waals surface area contributed by atoms with Crippen molar-refractivity contribution in [1.29, 1.82) is 0 Å². The molecule has 12 heavy (non-hydrogen) atoms. The molecule has 3 heteroatoms. The highest BCUT2D eigenvalue weighted by molar-refractivity contribution is 5.02. The van der Waals surface area contributed by atoms with Gasteiger partial charge in [-0.3, -0.25) is 4.68 Å². The van der Waals surface area contributed by atoms with Crippen LogP contribution < -0.4 is 0 Å². The topological polar surface area (TPSA) is 38.0 Å². The molecule has 0 unspecified atom stereocenters. The molecule has 0 spiro atoms. The lowest BCUT2D eigenvalue weighted by Gasteiger charge is -2.20. The summed E-state index contributed by atoms with van der Waals surface area (Å²) in [6.07, 6.45) is 2.64. The zero-order chi connectivity index (χ0) is 9.19. The molecule has 1 rings (SSSR count). The monoisotopic (exact) mass is 168 g/mol. The lowest BCUT2D eigenvalue weighted by Crippen LogP contribution is -2.21. The molecule has 0 bridgehead atoms. The molecule has 0 aliphatic carbocycles. The molecule has 1 N–H and O–H groups in total. The maximum Gasteiger partial charge on any atom is 0.0492 e. The number of aliphatic hydroxyl groups is 1. The SMILES string of the molecule is Cn1nccc1CC(C)(C)CO. The fraction of sp³-hybridized carbons (Fsp3) is 0.667. The summed E-state index contributed by atoms with van der Waals surface area (Å²) in [5.41, 5.74) is 1.11. The van der Waals surface area contributed by atoms with E-state index in [1.165, 1.54) is 0 Å². The van der Waals surface area contributed by atoms with Gasteiger partial charge in [0.1, 0.15) is 0 Å². The van der Waals surface area contributed by atoms with E-state index in [1.54, 1.807) is 6.20 Å². The van der Waals surface area contributed by atoms with Crippen molar-refractivity contribution in [1.82, 2.24) is 9.78 Å². The van der Waals surface area contributed by atoms with Gasteiger partial charge in [-0.2, -0.15) is 5.10 Å². The largest absolute Gasteiger partial charge is 0.396 e. The Morgan fingerprint density at radius 3 is 2.67 bits per heavy atom. The van der Waals surface area contributed by atoms with Crippen LogP contribution in [0, 0.1) is 5.41 Å². The number of aromatic nitrogens is 2. The van der Waals surface area contributed by atoms with Gasteiger partial charge in [-0.05, 0) is 17.9 Å². The van der Waals surface area contributed by atoms with Crippen molar-refractivity contribution in [2.24, 2.45) is 12.5 Å². The van der Waals surface area contributed by atoms with Gasteiger partial charge in [0.15, 0.2) is 0 Å². The summed E-state index contributed by atoms with van der Waals surface area (Å²) in [6.45, 7) is 4.29. The van der Waals surface area contributed by atoms with E-state index < -0.39 is 0 Å². The number of aliphatic hydroxyl groups excluding tert-OH is 1. The molecule has 0 aliphatic heterocycles. The molecule has 1 aromatic heterocycles. The van der Waals surface area contributed by atoms with E-state index in [1.807, 2.05) is 31.6 Å². The van der Waals surface area contributed by atoms with E-state index in [0.29, 0.717) is 0 Å². The van der Waals surface area contributed by atoms with Crippen LogP contribution in [-0.2, 0) is 13.5 Å². The normalized spacial score (nSPS) is 12.0. The molecule has 0 fully saturated rings. The molecular weight excluding hydrogens is 152 g/mol. The summed E-state index contributed by atoms with van der Waals surface area (Å²) in [7, 11) is 1.92. The van der Waals surface area contributed by atoms with E-state index in [9.17, 15) is 0 Å². The van der Waals surface area contributed by atoms with Crippen molar-refractivity contribution in [3.8, 4) is 0 Å². The lowest BCUT2D eigenvalue weighted by atomic mass is 9.89. The van der Waals surface area contributed by atoms with E-state index >= 15 is 0 Å². The molecule has 1 heterocycles. The summed E-state index contributed by atoms with van der Waals surface area (Å²) < 4.78 is 1.84. The standard InChI is InChI=1S/C9H16N2O/c1-9(2,7-12)6-8-4-5-10-11(8)3/h4-5,12H,6-7H2,1-3H3. The molecule has 0 atom stereocenters. The average Bonchev–Trinajstić information content (AvgIpc) is 2.36. The Kier molecular flexibility index (Phi) is 2.52. The number of hydrogen-bond acceptors (Lipinski definition) is 2. The summed E-state index contributed by atoms with van der Waals surface area (Å²) in [4.78, 5) is 0. The van der Waals surface area contributed by atoms with Crippen LogP contribution in [0.1, 0.15) is 19.5 Å². The Hall–Kier alpha value is -0.830. The Bertz CT molecular complexity index is 253. The molecular formula is C9H16N2O. The Morgan fingerprint density at radius 1 is 1.58 bits per heavy atom. The first-order chi connectivity index (χ1) is 5.55. The summed E-state index contributed by atoms with van der Waals surface area (Å²) in [6, 6.07) is 1.98. The first kappa shape index (κ1) is 9.26. The molecule has 0 aromatic carbocycles. The van der Waals surface area contributed by atoms with Crippen molar-refractivity contribution in [3.05, 3.63) is 18.0 Å². The van der Waals surface area contributed by atoms with Crippen LogP contribution in [-0.4, -0.2) is 21.5 Å². The van der Waals surface area contributed by atoms with Gasteiger partial charge in [0, 0.05) is 25.5 Å². The number of rotatable bonds is 3. The van der Waals surface area contributed by atoms with Crippen molar-refractivity contribution in [2.45, 2.75) is 20.3 Å². The van der Waals surface area contributed by atoms with Gasteiger partial charge in [-0.15, -0.1) is 0 Å². The van der Waals surface area contributed by atoms with Crippen molar-refractivity contribution in [2.75, 3.05) is 6.61 Å². The third-order valence-electron chi connectivity index (χ3n) is 2.01.